The quantitative estimate of drug-likeness (QED) is 0.241. The van der Waals surface area contributed by atoms with Gasteiger partial charge in [0.2, 0.25) is 5.91 Å². The monoisotopic (exact) mass is 480 g/mol. The van der Waals surface area contributed by atoms with E-state index in [9.17, 15) is 9.59 Å². The molecule has 0 N–H and O–H groups in total. The lowest BCUT2D eigenvalue weighted by Gasteiger charge is -2.36. The molecule has 1 saturated heterocycles. The van der Waals surface area contributed by atoms with E-state index in [0.717, 1.165) is 30.4 Å². The predicted octanol–water partition coefficient (Wildman–Crippen LogP) is 6.28. The van der Waals surface area contributed by atoms with Crippen molar-refractivity contribution in [1.29, 1.82) is 0 Å². The Balaban J connectivity index is 1.46. The number of unbranched alkanes of at least 4 members (excludes halogenated alkanes) is 2. The summed E-state index contributed by atoms with van der Waals surface area (Å²) < 4.78 is 0.611. The molecule has 1 fully saturated rings. The van der Waals surface area contributed by atoms with Crippen molar-refractivity contribution in [3.63, 3.8) is 0 Å². The van der Waals surface area contributed by atoms with Gasteiger partial charge in [0, 0.05) is 25.0 Å². The van der Waals surface area contributed by atoms with Gasteiger partial charge in [0.15, 0.2) is 0 Å². The molecular weight excluding hydrogens is 448 g/mol. The van der Waals surface area contributed by atoms with E-state index in [2.05, 4.69) is 32.9 Å². The number of amides is 2. The van der Waals surface area contributed by atoms with Crippen LogP contribution in [0.3, 0.4) is 0 Å². The first kappa shape index (κ1) is 25.2. The van der Waals surface area contributed by atoms with Gasteiger partial charge in [-0.15, -0.1) is 0 Å². The van der Waals surface area contributed by atoms with Crippen LogP contribution in [0.25, 0.3) is 6.08 Å². The van der Waals surface area contributed by atoms with E-state index >= 15 is 0 Å². The van der Waals surface area contributed by atoms with Gasteiger partial charge in [-0.2, -0.15) is 0 Å². The van der Waals surface area contributed by atoms with Crippen molar-refractivity contribution in [2.24, 2.45) is 0 Å². The van der Waals surface area contributed by atoms with E-state index in [4.69, 9.17) is 12.2 Å². The second-order valence-corrected chi connectivity index (χ2v) is 10.9. The number of hydrogen-bond acceptors (Lipinski definition) is 4. The van der Waals surface area contributed by atoms with E-state index in [1.165, 1.54) is 11.8 Å². The molecule has 0 aromatic heterocycles. The third-order valence-corrected chi connectivity index (χ3v) is 6.92. The van der Waals surface area contributed by atoms with Gasteiger partial charge in [-0.25, -0.2) is 0 Å². The maximum Gasteiger partial charge on any atom is 0.266 e. The number of nitrogens with zero attached hydrogens (tertiary/aromatic N) is 2. The highest BCUT2D eigenvalue weighted by Crippen LogP contribution is 2.32. The molecule has 0 unspecified atom stereocenters. The molecule has 0 spiro atoms. The van der Waals surface area contributed by atoms with Gasteiger partial charge in [0.25, 0.3) is 5.91 Å². The third kappa shape index (κ3) is 7.27. The number of thioether (sulfide) groups is 1. The minimum Gasteiger partial charge on any atom is -0.334 e. The van der Waals surface area contributed by atoms with Crippen molar-refractivity contribution in [2.75, 3.05) is 6.54 Å². The number of rotatable bonds is 9. The van der Waals surface area contributed by atoms with Crippen LogP contribution in [0.15, 0.2) is 65.6 Å². The largest absolute Gasteiger partial charge is 0.334 e. The standard InChI is InChI=1S/C27H32N2O2S2/c1-27(2,3)29(20-22-15-9-5-10-16-22)24(30)17-11-6-12-18-28-25(31)23(33-26(28)32)19-21-13-7-4-8-14-21/h4-5,7-10,13-16,19H,6,11-12,17-18,20H2,1-3H3/b23-19+. The number of thiocarbonyl (C=S) groups is 1. The zero-order valence-electron chi connectivity index (χ0n) is 19.6. The van der Waals surface area contributed by atoms with Crippen molar-refractivity contribution >= 4 is 46.2 Å². The molecule has 174 valence electrons. The molecule has 1 heterocycles. The number of carbonyl (C=O) groups excluding carboxylic acids is 2. The number of carbonyl (C=O) groups is 2. The fourth-order valence-corrected chi connectivity index (χ4v) is 5.03. The minimum atomic E-state index is -0.236. The van der Waals surface area contributed by atoms with E-state index < -0.39 is 0 Å². The summed E-state index contributed by atoms with van der Waals surface area (Å²) in [5, 5.41) is 0. The maximum atomic E-state index is 13.0. The third-order valence-electron chi connectivity index (χ3n) is 5.54. The zero-order chi connectivity index (χ0) is 23.8. The van der Waals surface area contributed by atoms with Crippen LogP contribution in [-0.4, -0.2) is 38.0 Å². The molecule has 0 atom stereocenters. The zero-order valence-corrected chi connectivity index (χ0v) is 21.3. The Labute approximate surface area is 207 Å². The average molecular weight is 481 g/mol. The van der Waals surface area contributed by atoms with Crippen molar-refractivity contribution in [3.05, 3.63) is 76.7 Å². The molecule has 33 heavy (non-hydrogen) atoms. The van der Waals surface area contributed by atoms with Crippen molar-refractivity contribution in [2.45, 2.75) is 58.5 Å². The molecular formula is C27H32N2O2S2. The molecule has 0 bridgehead atoms. The van der Waals surface area contributed by atoms with Crippen LogP contribution in [-0.2, 0) is 16.1 Å². The normalized spacial score (nSPS) is 15.4. The molecule has 2 aromatic rings. The van der Waals surface area contributed by atoms with Crippen molar-refractivity contribution in [1.82, 2.24) is 9.80 Å². The van der Waals surface area contributed by atoms with Gasteiger partial charge < -0.3 is 4.90 Å². The molecule has 0 aliphatic carbocycles. The highest BCUT2D eigenvalue weighted by Gasteiger charge is 2.31. The molecule has 4 nitrogen and oxygen atoms in total. The first-order chi connectivity index (χ1) is 15.8. The van der Waals surface area contributed by atoms with Crippen LogP contribution >= 0.6 is 24.0 Å². The highest BCUT2D eigenvalue weighted by molar-refractivity contribution is 8.26. The lowest BCUT2D eigenvalue weighted by Crippen LogP contribution is -2.45. The second kappa shape index (κ2) is 11.6. The van der Waals surface area contributed by atoms with Crippen LogP contribution < -0.4 is 0 Å². The summed E-state index contributed by atoms with van der Waals surface area (Å²) in [5.41, 5.74) is 1.90. The number of benzene rings is 2. The molecule has 1 aliphatic rings. The van der Waals surface area contributed by atoms with Crippen LogP contribution in [0.5, 0.6) is 0 Å². The highest BCUT2D eigenvalue weighted by atomic mass is 32.2. The first-order valence-corrected chi connectivity index (χ1v) is 12.6. The molecule has 2 amide bonds. The Kier molecular flexibility index (Phi) is 8.87. The molecule has 0 saturated carbocycles. The molecule has 0 radical (unpaired) electrons. The van der Waals surface area contributed by atoms with Crippen LogP contribution in [0.4, 0.5) is 0 Å². The lowest BCUT2D eigenvalue weighted by molar-refractivity contribution is -0.137. The van der Waals surface area contributed by atoms with Gasteiger partial charge in [-0.05, 0) is 50.8 Å². The Morgan fingerprint density at radius 2 is 1.64 bits per heavy atom. The van der Waals surface area contributed by atoms with Gasteiger partial charge in [0.1, 0.15) is 4.32 Å². The van der Waals surface area contributed by atoms with Crippen LogP contribution in [0.1, 0.15) is 57.6 Å². The van der Waals surface area contributed by atoms with Crippen molar-refractivity contribution < 1.29 is 9.59 Å². The molecule has 6 heteroatoms. The Bertz CT molecular complexity index is 998. The van der Waals surface area contributed by atoms with Gasteiger partial charge in [-0.1, -0.05) is 91.1 Å². The molecule has 1 aliphatic heterocycles. The van der Waals surface area contributed by atoms with Crippen LogP contribution in [0, 0.1) is 0 Å². The fourth-order valence-electron chi connectivity index (χ4n) is 3.72. The van der Waals surface area contributed by atoms with Gasteiger partial charge in [-0.3, -0.25) is 14.5 Å². The topological polar surface area (TPSA) is 40.6 Å². The predicted molar refractivity (Wildman–Crippen MR) is 142 cm³/mol. The van der Waals surface area contributed by atoms with Crippen LogP contribution in [0.2, 0.25) is 0 Å². The summed E-state index contributed by atoms with van der Waals surface area (Å²) in [7, 11) is 0. The fraction of sp³-hybridized carbons (Fsp3) is 0.370. The van der Waals surface area contributed by atoms with E-state index in [1.54, 1.807) is 4.90 Å². The Morgan fingerprint density at radius 3 is 2.27 bits per heavy atom. The Morgan fingerprint density at radius 1 is 1.00 bits per heavy atom. The summed E-state index contributed by atoms with van der Waals surface area (Å²) in [6, 6.07) is 19.9. The van der Waals surface area contributed by atoms with E-state index in [0.29, 0.717) is 28.7 Å². The van der Waals surface area contributed by atoms with E-state index in [1.807, 2.05) is 59.5 Å². The van der Waals surface area contributed by atoms with Gasteiger partial charge in [0.05, 0.1) is 4.91 Å². The molecule has 2 aromatic carbocycles. The average Bonchev–Trinajstić information content (AvgIpc) is 3.05. The summed E-state index contributed by atoms with van der Waals surface area (Å²) in [5.74, 6) is 0.148. The molecule has 3 rings (SSSR count). The lowest BCUT2D eigenvalue weighted by atomic mass is 10.0. The minimum absolute atomic E-state index is 0.0216. The van der Waals surface area contributed by atoms with Crippen molar-refractivity contribution in [3.8, 4) is 0 Å². The SMILES string of the molecule is CC(C)(C)N(Cc1ccccc1)C(=O)CCCCCN1C(=O)/C(=C\c2ccccc2)SC1=S. The Hall–Kier alpha value is -2.44. The summed E-state index contributed by atoms with van der Waals surface area (Å²) in [6.07, 6.45) is 4.91. The maximum absolute atomic E-state index is 13.0. The second-order valence-electron chi connectivity index (χ2n) is 9.19. The number of hydrogen-bond donors (Lipinski definition) is 0. The van der Waals surface area contributed by atoms with Gasteiger partial charge >= 0.3 is 0 Å². The first-order valence-electron chi connectivity index (χ1n) is 11.4. The summed E-state index contributed by atoms with van der Waals surface area (Å²) in [4.78, 5) is 30.0. The summed E-state index contributed by atoms with van der Waals surface area (Å²) >= 11 is 6.80. The summed E-state index contributed by atoms with van der Waals surface area (Å²) in [6.45, 7) is 7.44. The van der Waals surface area contributed by atoms with E-state index in [-0.39, 0.29) is 17.4 Å². The smallest absolute Gasteiger partial charge is 0.266 e.